The molecule has 0 amide bonds. The largest absolute Gasteiger partial charge is 0.507 e. The Morgan fingerprint density at radius 1 is 1.14 bits per heavy atom. The molecule has 0 saturated carbocycles. The molecule has 1 aromatic carbocycles. The molecule has 0 aliphatic rings. The lowest BCUT2D eigenvalue weighted by Crippen LogP contribution is -2.35. The van der Waals surface area contributed by atoms with Crippen LogP contribution in [0.25, 0.3) is 0 Å². The van der Waals surface area contributed by atoms with Crippen LogP contribution in [-0.2, 0) is 27.1 Å². The summed E-state index contributed by atoms with van der Waals surface area (Å²) >= 11 is 0. The Balaban J connectivity index is 2.92. The first kappa shape index (κ1) is 19.2. The quantitative estimate of drug-likeness (QED) is 0.748. The predicted octanol–water partition coefficient (Wildman–Crippen LogP) is 4.55. The summed E-state index contributed by atoms with van der Waals surface area (Å²) in [6.45, 7) is 10.6. The van der Waals surface area contributed by atoms with E-state index in [-0.39, 0.29) is 5.41 Å². The molecule has 0 atom stereocenters. The maximum atomic E-state index is 10.4. The molecular weight excluding hydrogens is 292 g/mol. The van der Waals surface area contributed by atoms with Gasteiger partial charge in [0.25, 0.3) is 0 Å². The average molecular weight is 325 g/mol. The molecule has 22 heavy (non-hydrogen) atoms. The first-order valence-electron chi connectivity index (χ1n) is 8.12. The van der Waals surface area contributed by atoms with Crippen molar-refractivity contribution in [3.05, 3.63) is 28.8 Å². The highest BCUT2D eigenvalue weighted by molar-refractivity contribution is 6.65. The summed E-state index contributed by atoms with van der Waals surface area (Å²) in [6.07, 6.45) is 2.89. The highest BCUT2D eigenvalue weighted by atomic mass is 28.4. The van der Waals surface area contributed by atoms with Gasteiger partial charge in [-0.3, -0.25) is 0 Å². The van der Waals surface area contributed by atoms with E-state index in [4.69, 9.17) is 8.85 Å². The molecule has 0 aliphatic carbocycles. The van der Waals surface area contributed by atoms with Crippen molar-refractivity contribution in [2.75, 3.05) is 14.2 Å². The lowest BCUT2D eigenvalue weighted by molar-refractivity contribution is 0.248. The van der Waals surface area contributed by atoms with Crippen molar-refractivity contribution >= 4 is 8.56 Å². The summed E-state index contributed by atoms with van der Waals surface area (Å²) in [5, 5.41) is 10.4. The molecule has 0 aliphatic heterocycles. The van der Waals surface area contributed by atoms with Crippen LogP contribution in [0.5, 0.6) is 5.75 Å². The molecule has 3 nitrogen and oxygen atoms in total. The first-order valence-corrected chi connectivity index (χ1v) is 10.6. The normalized spacial score (nSPS) is 12.7. The fourth-order valence-corrected chi connectivity index (χ4v) is 4.04. The van der Waals surface area contributed by atoms with Crippen LogP contribution < -0.4 is 0 Å². The molecule has 0 heterocycles. The smallest absolute Gasteiger partial charge is 0.334 e. The maximum absolute atomic E-state index is 10.4. The second-order valence-corrected chi connectivity index (χ2v) is 10.7. The van der Waals surface area contributed by atoms with Gasteiger partial charge in [0.2, 0.25) is 0 Å². The Morgan fingerprint density at radius 2 is 1.73 bits per heavy atom. The Hall–Kier alpha value is -0.843. The minimum Gasteiger partial charge on any atom is -0.507 e. The second-order valence-electron chi connectivity index (χ2n) is 7.15. The van der Waals surface area contributed by atoms with Crippen LogP contribution in [0, 0.1) is 0 Å². The van der Waals surface area contributed by atoms with Crippen LogP contribution in [0.4, 0.5) is 0 Å². The van der Waals surface area contributed by atoms with Gasteiger partial charge in [-0.1, -0.05) is 39.8 Å². The van der Waals surface area contributed by atoms with Gasteiger partial charge in [-0.15, -0.1) is 0 Å². The van der Waals surface area contributed by atoms with Gasteiger partial charge in [-0.25, -0.2) is 0 Å². The molecule has 1 aromatic rings. The predicted molar refractivity (Wildman–Crippen MR) is 94.9 cm³/mol. The van der Waals surface area contributed by atoms with Crippen LogP contribution in [0.3, 0.4) is 0 Å². The van der Waals surface area contributed by atoms with E-state index in [9.17, 15) is 5.11 Å². The Labute approximate surface area is 136 Å². The van der Waals surface area contributed by atoms with Gasteiger partial charge in [0.05, 0.1) is 0 Å². The van der Waals surface area contributed by atoms with Crippen molar-refractivity contribution in [2.45, 2.75) is 65.0 Å². The number of rotatable bonds is 7. The van der Waals surface area contributed by atoms with Crippen LogP contribution >= 0.6 is 0 Å². The van der Waals surface area contributed by atoms with Gasteiger partial charge in [0.15, 0.2) is 0 Å². The fraction of sp³-hybridized carbons (Fsp3) is 0.667. The number of hydrogen-bond acceptors (Lipinski definition) is 3. The number of phenols is 1. The van der Waals surface area contributed by atoms with Crippen LogP contribution in [0.2, 0.25) is 12.6 Å². The Bertz CT molecular complexity index is 488. The van der Waals surface area contributed by atoms with Gasteiger partial charge >= 0.3 is 8.56 Å². The topological polar surface area (TPSA) is 38.7 Å². The number of aromatic hydroxyl groups is 1. The average Bonchev–Trinajstić information content (AvgIpc) is 2.47. The maximum Gasteiger partial charge on any atom is 0.334 e. The van der Waals surface area contributed by atoms with E-state index in [1.54, 1.807) is 14.2 Å². The fourth-order valence-electron chi connectivity index (χ4n) is 2.65. The van der Waals surface area contributed by atoms with Crippen molar-refractivity contribution in [2.24, 2.45) is 0 Å². The van der Waals surface area contributed by atoms with E-state index in [1.165, 1.54) is 5.56 Å². The Morgan fingerprint density at radius 3 is 2.18 bits per heavy atom. The van der Waals surface area contributed by atoms with Crippen LogP contribution in [0.1, 0.15) is 50.8 Å². The number of aryl methyl sites for hydroxylation is 2. The van der Waals surface area contributed by atoms with E-state index in [0.717, 1.165) is 36.4 Å². The van der Waals surface area contributed by atoms with E-state index in [0.29, 0.717) is 5.75 Å². The first-order chi connectivity index (χ1) is 10.2. The molecule has 1 rings (SSSR count). The molecule has 0 saturated heterocycles. The summed E-state index contributed by atoms with van der Waals surface area (Å²) in [5.74, 6) is 0.465. The monoisotopic (exact) mass is 324 g/mol. The van der Waals surface area contributed by atoms with Gasteiger partial charge in [0.1, 0.15) is 5.75 Å². The molecule has 0 unspecified atom stereocenters. The minimum absolute atomic E-state index is 0.0493. The number of hydrogen-bond donors (Lipinski definition) is 1. The summed E-state index contributed by atoms with van der Waals surface area (Å²) in [4.78, 5) is 0. The summed E-state index contributed by atoms with van der Waals surface area (Å²) in [7, 11) is 1.49. The summed E-state index contributed by atoms with van der Waals surface area (Å²) in [6, 6.07) is 5.28. The van der Waals surface area contributed by atoms with Gasteiger partial charge in [-0.2, -0.15) is 0 Å². The highest BCUT2D eigenvalue weighted by Crippen LogP contribution is 2.35. The highest BCUT2D eigenvalue weighted by Gasteiger charge is 2.28. The Kier molecular flexibility index (Phi) is 6.65. The molecule has 126 valence electrons. The van der Waals surface area contributed by atoms with Gasteiger partial charge in [0, 0.05) is 14.2 Å². The van der Waals surface area contributed by atoms with E-state index >= 15 is 0 Å². The standard InChI is InChI=1S/C18H32O3Si/c1-8-15-12-14(10-9-11-22(7,20-5)21-6)13-16(17(15)19)18(2,3)4/h12-13,19H,8-11H2,1-7H3. The molecule has 0 fully saturated rings. The molecule has 4 heteroatoms. The lowest BCUT2D eigenvalue weighted by Gasteiger charge is -2.24. The third-order valence-electron chi connectivity index (χ3n) is 4.40. The molecule has 0 spiro atoms. The SMILES string of the molecule is CCc1cc(CCC[Si](C)(OC)OC)cc(C(C)(C)C)c1O. The van der Waals surface area contributed by atoms with Crippen LogP contribution in [0.15, 0.2) is 12.1 Å². The molecule has 0 bridgehead atoms. The van der Waals surface area contributed by atoms with Crippen LogP contribution in [-0.4, -0.2) is 27.9 Å². The zero-order valence-electron chi connectivity index (χ0n) is 15.2. The van der Waals surface area contributed by atoms with Crippen molar-refractivity contribution in [3.8, 4) is 5.75 Å². The van der Waals surface area contributed by atoms with E-state index in [1.807, 2.05) is 0 Å². The zero-order valence-corrected chi connectivity index (χ0v) is 16.2. The third-order valence-corrected chi connectivity index (χ3v) is 7.39. The minimum atomic E-state index is -1.98. The molecule has 0 aromatic heterocycles. The summed E-state index contributed by atoms with van der Waals surface area (Å²) < 4.78 is 11.1. The van der Waals surface area contributed by atoms with Crippen molar-refractivity contribution < 1.29 is 14.0 Å². The third kappa shape index (κ3) is 4.83. The molecular formula is C18H32O3Si. The van der Waals surface area contributed by atoms with Crippen molar-refractivity contribution in [1.29, 1.82) is 0 Å². The molecule has 0 radical (unpaired) electrons. The zero-order chi connectivity index (χ0) is 17.0. The van der Waals surface area contributed by atoms with Crippen molar-refractivity contribution in [3.63, 3.8) is 0 Å². The second kappa shape index (κ2) is 7.62. The van der Waals surface area contributed by atoms with E-state index < -0.39 is 8.56 Å². The number of benzene rings is 1. The lowest BCUT2D eigenvalue weighted by atomic mass is 9.83. The van der Waals surface area contributed by atoms with Crippen molar-refractivity contribution in [1.82, 2.24) is 0 Å². The van der Waals surface area contributed by atoms with E-state index in [2.05, 4.69) is 46.4 Å². The summed E-state index contributed by atoms with van der Waals surface area (Å²) in [5.41, 5.74) is 3.33. The molecule has 1 N–H and O–H groups in total. The number of phenolic OH excluding ortho intramolecular Hbond substituents is 1. The van der Waals surface area contributed by atoms with Gasteiger partial charge in [-0.05, 0) is 54.0 Å². The van der Waals surface area contributed by atoms with Gasteiger partial charge < -0.3 is 14.0 Å².